The molecule has 17 nitrogen and oxygen atoms in total. The molecule has 0 saturated heterocycles. The van der Waals surface area contributed by atoms with Gasteiger partial charge in [-0.3, -0.25) is 14.1 Å². The molecular formula is C31H27Br3N4O13S3. The largest absolute Gasteiger partial charge is 0.506 e. The number of nitrogens with one attached hydrogen (secondary N) is 2. The monoisotopic (exact) mass is 996 g/mol. The number of benzene rings is 3. The third kappa shape index (κ3) is 11.5. The van der Waals surface area contributed by atoms with E-state index in [1.165, 1.54) is 58.0 Å². The Balaban J connectivity index is 1.91. The second-order valence-electron chi connectivity index (χ2n) is 10.8. The lowest BCUT2D eigenvalue weighted by Crippen LogP contribution is -2.34. The minimum Gasteiger partial charge on any atom is -0.506 e. The fourth-order valence-corrected chi connectivity index (χ4v) is 8.57. The highest BCUT2D eigenvalue weighted by Gasteiger charge is 2.25. The van der Waals surface area contributed by atoms with Gasteiger partial charge in [0.05, 0.1) is 13.4 Å². The highest BCUT2D eigenvalue weighted by atomic mass is 79.9. The Bertz CT molecular complexity index is 2180. The summed E-state index contributed by atoms with van der Waals surface area (Å²) in [6, 6.07) is 7.73. The van der Waals surface area contributed by atoms with Gasteiger partial charge < -0.3 is 45.3 Å². The quantitative estimate of drug-likeness (QED) is 0.0733. The maximum Gasteiger partial charge on any atom is 0.446 e. The van der Waals surface area contributed by atoms with Crippen molar-refractivity contribution < 1.29 is 62.0 Å². The number of nitrogens with zero attached hydrogens (tertiary/aromatic N) is 2. The zero-order valence-electron chi connectivity index (χ0n) is 27.1. The van der Waals surface area contributed by atoms with Gasteiger partial charge in [-0.25, -0.2) is 4.79 Å². The molecule has 0 saturated carbocycles. The number of amides is 2. The standard InChI is InChI=1S/C31H27Br3N4O13S3/c32-19-7-14-5-17(26(19)39)18-6-15(9-21(34)28(18)51-54(47,48)49)13-25(31(43)44)50-24-12-16(8-20(33)27(24)40)11-23(38-46)30(42)36-2-4-53-52-3-1-35-29(41)22(10-14)37-45/h5-9,12-13,39-40,45-46H,1-4,10-11H2,(H,35,41)(H,36,42)(H,43,44)(H,47,48,49)/b25-13-,37-22+,38-23+. The Hall–Kier alpha value is -4.00. The van der Waals surface area contributed by atoms with Gasteiger partial charge in [0.25, 0.3) is 11.8 Å². The molecule has 54 heavy (non-hydrogen) atoms. The zero-order chi connectivity index (χ0) is 39.7. The summed E-state index contributed by atoms with van der Waals surface area (Å²) < 4.78 is 43.8. The summed E-state index contributed by atoms with van der Waals surface area (Å²) in [6.45, 7) is 0.360. The van der Waals surface area contributed by atoms with Gasteiger partial charge in [-0.2, -0.15) is 8.42 Å². The second kappa shape index (κ2) is 19.0. The van der Waals surface area contributed by atoms with Crippen LogP contribution in [0.25, 0.3) is 17.2 Å². The maximum atomic E-state index is 12.9. The van der Waals surface area contributed by atoms with Crippen molar-refractivity contribution in [1.29, 1.82) is 0 Å². The van der Waals surface area contributed by atoms with E-state index in [0.29, 0.717) is 11.5 Å². The Morgan fingerprint density at radius 1 is 0.796 bits per heavy atom. The highest BCUT2D eigenvalue weighted by Crippen LogP contribution is 2.45. The molecule has 6 bridgehead atoms. The molecule has 0 radical (unpaired) electrons. The fraction of sp³-hybridized carbons (Fsp3) is 0.194. The molecule has 3 aromatic rings. The van der Waals surface area contributed by atoms with E-state index in [-0.39, 0.29) is 84.3 Å². The van der Waals surface area contributed by atoms with Crippen LogP contribution >= 0.6 is 69.4 Å². The van der Waals surface area contributed by atoms with Gasteiger partial charge >= 0.3 is 16.4 Å². The minimum absolute atomic E-state index is 0.00608. The number of ether oxygens (including phenoxy) is 1. The Morgan fingerprint density at radius 2 is 1.33 bits per heavy atom. The number of hydrogen-bond donors (Lipinski definition) is 8. The molecule has 1 aliphatic heterocycles. The molecule has 1 heterocycles. The van der Waals surface area contributed by atoms with Crippen molar-refractivity contribution in [3.63, 3.8) is 0 Å². The smallest absolute Gasteiger partial charge is 0.446 e. The van der Waals surface area contributed by atoms with Gasteiger partial charge in [0.15, 0.2) is 17.2 Å². The third-order valence-electron chi connectivity index (χ3n) is 7.02. The summed E-state index contributed by atoms with van der Waals surface area (Å²) in [4.78, 5) is 38.1. The van der Waals surface area contributed by atoms with Crippen molar-refractivity contribution >= 4 is 115 Å². The number of rotatable bonds is 3. The molecule has 3 aromatic carbocycles. The van der Waals surface area contributed by atoms with E-state index >= 15 is 0 Å². The van der Waals surface area contributed by atoms with Crippen LogP contribution in [0.5, 0.6) is 23.0 Å². The van der Waals surface area contributed by atoms with Gasteiger partial charge in [0.1, 0.15) is 17.2 Å². The molecule has 0 aliphatic carbocycles. The first kappa shape index (κ1) is 42.7. The van der Waals surface area contributed by atoms with Crippen LogP contribution in [0.3, 0.4) is 0 Å². The Kier molecular flexibility index (Phi) is 15.1. The number of phenolic OH excluding ortho intramolecular Hbond substituents is 2. The van der Waals surface area contributed by atoms with Crippen molar-refractivity contribution in [1.82, 2.24) is 10.6 Å². The van der Waals surface area contributed by atoms with E-state index in [1.54, 1.807) is 0 Å². The highest BCUT2D eigenvalue weighted by molar-refractivity contribution is 9.11. The van der Waals surface area contributed by atoms with Crippen LogP contribution in [-0.2, 0) is 37.6 Å². The molecule has 8 N–H and O–H groups in total. The van der Waals surface area contributed by atoms with Crippen molar-refractivity contribution in [2.24, 2.45) is 10.3 Å². The number of oxime groups is 2. The minimum atomic E-state index is -5.18. The van der Waals surface area contributed by atoms with E-state index in [0.717, 1.165) is 6.08 Å². The van der Waals surface area contributed by atoms with Crippen LogP contribution in [0.1, 0.15) is 16.7 Å². The number of hydrogen-bond acceptors (Lipinski definition) is 15. The lowest BCUT2D eigenvalue weighted by atomic mass is 9.97. The van der Waals surface area contributed by atoms with Crippen molar-refractivity contribution in [2.45, 2.75) is 12.8 Å². The summed E-state index contributed by atoms with van der Waals surface area (Å²) in [7, 11) is -2.41. The first-order valence-electron chi connectivity index (χ1n) is 14.9. The molecule has 288 valence electrons. The first-order valence-corrected chi connectivity index (χ1v) is 21.1. The number of aliphatic carboxylic acids is 1. The predicted octanol–water partition coefficient (Wildman–Crippen LogP) is 5.11. The number of carboxylic acids is 1. The summed E-state index contributed by atoms with van der Waals surface area (Å²) >= 11 is 9.55. The molecular weight excluding hydrogens is 972 g/mol. The van der Waals surface area contributed by atoms with Crippen LogP contribution in [0.15, 0.2) is 65.9 Å². The van der Waals surface area contributed by atoms with Gasteiger partial charge in [0.2, 0.25) is 5.76 Å². The SMILES string of the molecule is O=C(O)/C1=C/c2cc(Br)c(OS(=O)(=O)O)c(c2)-c2cc(cc(Br)c2O)C/C(=N\O)C(=O)NCCSSCCNC(=O)/C(=N/O)Cc2cc(Br)c(O)c(c2)O1. The lowest BCUT2D eigenvalue weighted by Gasteiger charge is -2.16. The summed E-state index contributed by atoms with van der Waals surface area (Å²) in [5.74, 6) is -4.87. The van der Waals surface area contributed by atoms with E-state index < -0.39 is 51.2 Å². The fourth-order valence-electron chi connectivity index (χ4n) is 4.71. The second-order valence-corrected chi connectivity index (χ2v) is 17.1. The van der Waals surface area contributed by atoms with E-state index in [2.05, 4.69) is 68.7 Å². The van der Waals surface area contributed by atoms with E-state index in [4.69, 9.17) is 8.92 Å². The molecule has 4 rings (SSSR count). The van der Waals surface area contributed by atoms with Gasteiger partial charge in [0, 0.05) is 48.6 Å². The number of carbonyl (C=O) groups is 3. The third-order valence-corrected chi connectivity index (χ3v) is 11.6. The predicted molar refractivity (Wildman–Crippen MR) is 210 cm³/mol. The van der Waals surface area contributed by atoms with Crippen molar-refractivity contribution in [2.75, 3.05) is 24.6 Å². The topological polar surface area (TPSA) is 274 Å². The van der Waals surface area contributed by atoms with Crippen LogP contribution in [0.2, 0.25) is 0 Å². The van der Waals surface area contributed by atoms with Gasteiger partial charge in [-0.05, 0) is 107 Å². The number of aromatic hydroxyl groups is 2. The first-order chi connectivity index (χ1) is 25.5. The van der Waals surface area contributed by atoms with Crippen molar-refractivity contribution in [3.05, 3.63) is 72.3 Å². The molecule has 23 heteroatoms. The van der Waals surface area contributed by atoms with Crippen molar-refractivity contribution in [3.8, 4) is 34.1 Å². The molecule has 0 spiro atoms. The number of carbonyl (C=O) groups excluding carboxylic acids is 2. The average molecular weight is 999 g/mol. The van der Waals surface area contributed by atoms with Crippen LogP contribution in [0.4, 0.5) is 0 Å². The molecule has 0 atom stereocenters. The number of carboxylic acid groups (broad SMARTS) is 1. The Morgan fingerprint density at radius 3 is 1.85 bits per heavy atom. The molecule has 0 unspecified atom stereocenters. The van der Waals surface area contributed by atoms with Crippen LogP contribution < -0.4 is 19.6 Å². The summed E-state index contributed by atoms with van der Waals surface area (Å²) in [5.41, 5.74) is -0.459. The van der Waals surface area contributed by atoms with Gasteiger partial charge in [-0.15, -0.1) is 0 Å². The van der Waals surface area contributed by atoms with Crippen LogP contribution in [-0.4, -0.2) is 92.5 Å². The molecule has 1 aliphatic rings. The average Bonchev–Trinajstić information content (AvgIpc) is 3.10. The normalized spacial score (nSPS) is 17.8. The lowest BCUT2D eigenvalue weighted by molar-refractivity contribution is -0.135. The van der Waals surface area contributed by atoms with Gasteiger partial charge in [-0.1, -0.05) is 31.9 Å². The maximum absolute atomic E-state index is 12.9. The Labute approximate surface area is 339 Å². The number of phenols is 2. The molecule has 2 amide bonds. The number of fused-ring (bicyclic) bond motifs is 7. The van der Waals surface area contributed by atoms with Crippen LogP contribution in [0, 0.1) is 0 Å². The summed E-state index contributed by atoms with van der Waals surface area (Å²) in [5, 5.41) is 62.7. The molecule has 0 aromatic heterocycles. The zero-order valence-corrected chi connectivity index (χ0v) is 34.3. The van der Waals surface area contributed by atoms with E-state index in [9.17, 15) is 53.1 Å². The van der Waals surface area contributed by atoms with E-state index in [1.807, 2.05) is 0 Å². The molecule has 0 fully saturated rings. The summed E-state index contributed by atoms with van der Waals surface area (Å²) in [6.07, 6.45) is 0.423. The number of halogens is 3.